The zero-order valence-corrected chi connectivity index (χ0v) is 14.9. The molecule has 0 fully saturated rings. The van der Waals surface area contributed by atoms with Crippen LogP contribution in [0.5, 0.6) is 5.75 Å². The normalized spacial score (nSPS) is 10.2. The van der Waals surface area contributed by atoms with E-state index in [9.17, 15) is 9.59 Å². The van der Waals surface area contributed by atoms with Gasteiger partial charge in [0.05, 0.1) is 13.0 Å². The molecule has 1 N–H and O–H groups in total. The van der Waals surface area contributed by atoms with E-state index in [1.807, 2.05) is 43.3 Å². The summed E-state index contributed by atoms with van der Waals surface area (Å²) >= 11 is 0. The number of hydrogen-bond donors (Lipinski definition) is 1. The lowest BCUT2D eigenvalue weighted by atomic mass is 10.1. The molecule has 0 radical (unpaired) electrons. The Bertz CT molecular complexity index is 707. The molecule has 0 saturated carbocycles. The molecule has 5 heteroatoms. The fraction of sp³-hybridized carbons (Fsp3) is 0.300. The predicted molar refractivity (Wildman–Crippen MR) is 97.6 cm³/mol. The number of hydrogen-bond acceptors (Lipinski definition) is 3. The Kier molecular flexibility index (Phi) is 6.57. The quantitative estimate of drug-likeness (QED) is 0.843. The summed E-state index contributed by atoms with van der Waals surface area (Å²) in [6, 6.07) is 14.8. The molecule has 2 rings (SSSR count). The third kappa shape index (κ3) is 5.64. The second-order valence-electron chi connectivity index (χ2n) is 5.93. The maximum Gasteiger partial charge on any atom is 0.253 e. The maximum absolute atomic E-state index is 12.1. The fourth-order valence-electron chi connectivity index (χ4n) is 2.34. The van der Waals surface area contributed by atoms with Gasteiger partial charge >= 0.3 is 0 Å². The molecular formula is C20H24N2O3. The lowest BCUT2D eigenvalue weighted by molar-refractivity contribution is -0.120. The summed E-state index contributed by atoms with van der Waals surface area (Å²) in [4.78, 5) is 25.4. The number of rotatable bonds is 7. The molecule has 25 heavy (non-hydrogen) atoms. The number of amides is 2. The van der Waals surface area contributed by atoms with Gasteiger partial charge in [-0.05, 0) is 42.3 Å². The molecule has 0 bridgehead atoms. The topological polar surface area (TPSA) is 58.6 Å². The van der Waals surface area contributed by atoms with Gasteiger partial charge in [0.1, 0.15) is 5.75 Å². The van der Waals surface area contributed by atoms with Gasteiger partial charge < -0.3 is 15.0 Å². The number of ether oxygens (including phenoxy) is 1. The van der Waals surface area contributed by atoms with Crippen LogP contribution in [0, 0.1) is 0 Å². The fourth-order valence-corrected chi connectivity index (χ4v) is 2.34. The van der Waals surface area contributed by atoms with Crippen LogP contribution in [-0.4, -0.2) is 37.4 Å². The lowest BCUT2D eigenvalue weighted by Gasteiger charge is -2.11. The van der Waals surface area contributed by atoms with Crippen molar-refractivity contribution in [2.75, 3.05) is 20.7 Å². The van der Waals surface area contributed by atoms with Crippen molar-refractivity contribution in [1.82, 2.24) is 10.2 Å². The third-order valence-electron chi connectivity index (χ3n) is 3.70. The smallest absolute Gasteiger partial charge is 0.253 e. The number of nitrogens with zero attached hydrogens (tertiary/aromatic N) is 1. The van der Waals surface area contributed by atoms with Crippen molar-refractivity contribution < 1.29 is 14.3 Å². The van der Waals surface area contributed by atoms with Crippen molar-refractivity contribution in [3.05, 3.63) is 65.2 Å². The highest BCUT2D eigenvalue weighted by atomic mass is 16.5. The first-order valence-corrected chi connectivity index (χ1v) is 8.28. The Morgan fingerprint density at radius 3 is 2.12 bits per heavy atom. The highest BCUT2D eigenvalue weighted by Crippen LogP contribution is 2.12. The van der Waals surface area contributed by atoms with E-state index < -0.39 is 0 Å². The van der Waals surface area contributed by atoms with E-state index in [1.165, 1.54) is 4.90 Å². The van der Waals surface area contributed by atoms with E-state index in [0.717, 1.165) is 16.9 Å². The average molecular weight is 340 g/mol. The van der Waals surface area contributed by atoms with Crippen molar-refractivity contribution in [1.29, 1.82) is 0 Å². The van der Waals surface area contributed by atoms with Crippen LogP contribution in [0.1, 0.15) is 28.4 Å². The second-order valence-corrected chi connectivity index (χ2v) is 5.93. The van der Waals surface area contributed by atoms with Gasteiger partial charge in [0.2, 0.25) is 5.91 Å². The Balaban J connectivity index is 1.84. The summed E-state index contributed by atoms with van der Waals surface area (Å²) in [5.41, 5.74) is 2.53. The Morgan fingerprint density at radius 2 is 1.56 bits per heavy atom. The summed E-state index contributed by atoms with van der Waals surface area (Å²) in [6.07, 6.45) is 0.323. The number of carbonyl (C=O) groups is 2. The van der Waals surface area contributed by atoms with E-state index in [1.54, 1.807) is 26.2 Å². The molecule has 2 aromatic rings. The molecule has 2 amide bonds. The Morgan fingerprint density at radius 1 is 0.960 bits per heavy atom. The van der Waals surface area contributed by atoms with Crippen molar-refractivity contribution in [2.45, 2.75) is 19.9 Å². The van der Waals surface area contributed by atoms with Crippen LogP contribution >= 0.6 is 0 Å². The lowest BCUT2D eigenvalue weighted by Crippen LogP contribution is -2.24. The molecule has 0 aliphatic heterocycles. The van der Waals surface area contributed by atoms with Gasteiger partial charge in [0.15, 0.2) is 0 Å². The zero-order valence-electron chi connectivity index (χ0n) is 14.9. The van der Waals surface area contributed by atoms with Crippen LogP contribution in [0.15, 0.2) is 48.5 Å². The molecule has 2 aromatic carbocycles. The van der Waals surface area contributed by atoms with Gasteiger partial charge in [-0.1, -0.05) is 24.3 Å². The van der Waals surface area contributed by atoms with Gasteiger partial charge in [-0.2, -0.15) is 0 Å². The van der Waals surface area contributed by atoms with Crippen LogP contribution in [0.25, 0.3) is 0 Å². The van der Waals surface area contributed by atoms with Crippen molar-refractivity contribution >= 4 is 11.8 Å². The monoisotopic (exact) mass is 340 g/mol. The molecule has 0 aliphatic carbocycles. The molecule has 0 saturated heterocycles. The van der Waals surface area contributed by atoms with Crippen molar-refractivity contribution in [3.8, 4) is 5.75 Å². The molecular weight excluding hydrogens is 316 g/mol. The predicted octanol–water partition coefficient (Wildman–Crippen LogP) is 2.65. The van der Waals surface area contributed by atoms with E-state index >= 15 is 0 Å². The first-order valence-electron chi connectivity index (χ1n) is 8.28. The molecule has 0 spiro atoms. The zero-order chi connectivity index (χ0) is 18.2. The van der Waals surface area contributed by atoms with E-state index in [-0.39, 0.29) is 11.8 Å². The third-order valence-corrected chi connectivity index (χ3v) is 3.70. The average Bonchev–Trinajstić information content (AvgIpc) is 2.61. The molecule has 132 valence electrons. The van der Waals surface area contributed by atoms with E-state index in [0.29, 0.717) is 25.1 Å². The Hall–Kier alpha value is -2.82. The first kappa shape index (κ1) is 18.5. The highest BCUT2D eigenvalue weighted by Gasteiger charge is 2.08. The summed E-state index contributed by atoms with van der Waals surface area (Å²) in [5, 5.41) is 2.89. The molecule has 0 unspecified atom stereocenters. The summed E-state index contributed by atoms with van der Waals surface area (Å²) in [6.45, 7) is 3.00. The van der Waals surface area contributed by atoms with Crippen molar-refractivity contribution in [3.63, 3.8) is 0 Å². The van der Waals surface area contributed by atoms with Crippen LogP contribution in [-0.2, 0) is 17.8 Å². The summed E-state index contributed by atoms with van der Waals surface area (Å²) in [7, 11) is 3.44. The van der Waals surface area contributed by atoms with E-state index in [4.69, 9.17) is 4.74 Å². The second kappa shape index (κ2) is 8.87. The molecule has 0 atom stereocenters. The summed E-state index contributed by atoms with van der Waals surface area (Å²) in [5.74, 6) is 0.725. The van der Waals surface area contributed by atoms with Crippen molar-refractivity contribution in [2.24, 2.45) is 0 Å². The molecule has 0 heterocycles. The van der Waals surface area contributed by atoms with Gasteiger partial charge in [-0.15, -0.1) is 0 Å². The number of carbonyl (C=O) groups excluding carboxylic acids is 2. The van der Waals surface area contributed by atoms with Gasteiger partial charge in [-0.3, -0.25) is 9.59 Å². The highest BCUT2D eigenvalue weighted by molar-refractivity contribution is 5.93. The standard InChI is InChI=1S/C20H24N2O3/c1-4-25-18-11-7-15(8-12-18)13-19(23)21-14-16-5-9-17(10-6-16)20(24)22(2)3/h5-12H,4,13-14H2,1-3H3,(H,21,23). The number of nitrogens with one attached hydrogen (secondary N) is 1. The van der Waals surface area contributed by atoms with Crippen LogP contribution in [0.3, 0.4) is 0 Å². The summed E-state index contributed by atoms with van der Waals surface area (Å²) < 4.78 is 5.38. The van der Waals surface area contributed by atoms with Gasteiger partial charge in [0, 0.05) is 26.2 Å². The van der Waals surface area contributed by atoms with Gasteiger partial charge in [0.25, 0.3) is 5.91 Å². The van der Waals surface area contributed by atoms with Crippen LogP contribution < -0.4 is 10.1 Å². The minimum atomic E-state index is -0.0439. The minimum absolute atomic E-state index is 0.0360. The largest absolute Gasteiger partial charge is 0.494 e. The molecule has 5 nitrogen and oxygen atoms in total. The Labute approximate surface area is 148 Å². The van der Waals surface area contributed by atoms with Crippen LogP contribution in [0.4, 0.5) is 0 Å². The molecule has 0 aliphatic rings. The van der Waals surface area contributed by atoms with Crippen LogP contribution in [0.2, 0.25) is 0 Å². The first-order chi connectivity index (χ1) is 12.0. The maximum atomic E-state index is 12.1. The number of benzene rings is 2. The van der Waals surface area contributed by atoms with Gasteiger partial charge in [-0.25, -0.2) is 0 Å². The minimum Gasteiger partial charge on any atom is -0.494 e. The van der Waals surface area contributed by atoms with E-state index in [2.05, 4.69) is 5.32 Å². The molecule has 0 aromatic heterocycles. The SMILES string of the molecule is CCOc1ccc(CC(=O)NCc2ccc(C(=O)N(C)C)cc2)cc1.